The fourth-order valence-electron chi connectivity index (χ4n) is 3.37. The van der Waals surface area contributed by atoms with Crippen LogP contribution in [-0.4, -0.2) is 35.6 Å². The monoisotopic (exact) mass is 297 g/mol. The van der Waals surface area contributed by atoms with Crippen molar-refractivity contribution < 1.29 is 13.2 Å². The normalized spacial score (nSPS) is 31.9. The van der Waals surface area contributed by atoms with E-state index in [4.69, 9.17) is 5.73 Å². The fourth-order valence-corrected chi connectivity index (χ4v) is 5.48. The first-order valence-corrected chi connectivity index (χ1v) is 8.69. The molecule has 2 aliphatic rings. The molecule has 0 aromatic carbocycles. The average molecular weight is 297 g/mol. The van der Waals surface area contributed by atoms with Crippen molar-refractivity contribution in [3.63, 3.8) is 0 Å². The number of aromatic nitrogens is 2. The number of aryl methyl sites for hydroxylation is 1. The number of hydrogen-bond donors (Lipinski definition) is 1. The lowest BCUT2D eigenvalue weighted by atomic mass is 9.87. The minimum atomic E-state index is -2.99. The van der Waals surface area contributed by atoms with Gasteiger partial charge in [-0.15, -0.1) is 0 Å². The standard InChI is InChI=1S/C13H19N3O3S/c1-13(4-5-20(18,19)8-13)16-11-6-9(12(14)17)2-3-10(11)7-15-16/h7,9H,2-6,8H2,1H3,(H2,14,17). The summed E-state index contributed by atoms with van der Waals surface area (Å²) in [6.45, 7) is 1.93. The van der Waals surface area contributed by atoms with Crippen LogP contribution in [0.25, 0.3) is 0 Å². The number of hydrogen-bond acceptors (Lipinski definition) is 4. The van der Waals surface area contributed by atoms with Gasteiger partial charge in [-0.3, -0.25) is 9.48 Å². The molecule has 0 bridgehead atoms. The minimum absolute atomic E-state index is 0.120. The Balaban J connectivity index is 1.97. The van der Waals surface area contributed by atoms with Gasteiger partial charge in [0.1, 0.15) is 0 Å². The highest BCUT2D eigenvalue weighted by Gasteiger charge is 2.42. The van der Waals surface area contributed by atoms with Crippen molar-refractivity contribution >= 4 is 15.7 Å². The van der Waals surface area contributed by atoms with Crippen LogP contribution in [0.2, 0.25) is 0 Å². The second-order valence-corrected chi connectivity index (χ2v) is 8.39. The van der Waals surface area contributed by atoms with E-state index in [1.165, 1.54) is 0 Å². The van der Waals surface area contributed by atoms with Gasteiger partial charge in [0.25, 0.3) is 0 Å². The molecule has 6 nitrogen and oxygen atoms in total. The van der Waals surface area contributed by atoms with Gasteiger partial charge in [0.05, 0.1) is 23.2 Å². The van der Waals surface area contributed by atoms with E-state index < -0.39 is 15.4 Å². The van der Waals surface area contributed by atoms with Crippen LogP contribution in [0.4, 0.5) is 0 Å². The Bertz CT molecular complexity index is 664. The second kappa shape index (κ2) is 4.31. The van der Waals surface area contributed by atoms with Crippen molar-refractivity contribution in [2.24, 2.45) is 11.7 Å². The van der Waals surface area contributed by atoms with Gasteiger partial charge < -0.3 is 5.73 Å². The van der Waals surface area contributed by atoms with Crippen molar-refractivity contribution in [1.82, 2.24) is 9.78 Å². The molecule has 2 atom stereocenters. The van der Waals surface area contributed by atoms with Crippen molar-refractivity contribution in [2.75, 3.05) is 11.5 Å². The van der Waals surface area contributed by atoms with Crippen molar-refractivity contribution in [1.29, 1.82) is 0 Å². The second-order valence-electron chi connectivity index (χ2n) is 6.21. The Morgan fingerprint density at radius 3 is 2.90 bits per heavy atom. The number of nitrogens with two attached hydrogens (primary N) is 1. The minimum Gasteiger partial charge on any atom is -0.369 e. The van der Waals surface area contributed by atoms with Crippen LogP contribution in [0.5, 0.6) is 0 Å². The highest BCUT2D eigenvalue weighted by atomic mass is 32.2. The SMILES string of the molecule is CC1(n2ncc3c2CC(C(N)=O)CC3)CCS(=O)(=O)C1. The van der Waals surface area contributed by atoms with Crippen molar-refractivity contribution in [2.45, 2.75) is 38.1 Å². The summed E-state index contributed by atoms with van der Waals surface area (Å²) < 4.78 is 25.4. The highest BCUT2D eigenvalue weighted by Crippen LogP contribution is 2.35. The zero-order chi connectivity index (χ0) is 14.5. The fraction of sp³-hybridized carbons (Fsp3) is 0.692. The summed E-state index contributed by atoms with van der Waals surface area (Å²) in [5.41, 5.74) is 7.02. The Kier molecular flexibility index (Phi) is 2.93. The molecular weight excluding hydrogens is 278 g/mol. The number of sulfone groups is 1. The summed E-state index contributed by atoms with van der Waals surface area (Å²) in [7, 11) is -2.99. The average Bonchev–Trinajstić information content (AvgIpc) is 2.90. The third kappa shape index (κ3) is 2.13. The van der Waals surface area contributed by atoms with Crippen LogP contribution < -0.4 is 5.73 Å². The first kappa shape index (κ1) is 13.6. The smallest absolute Gasteiger partial charge is 0.220 e. The van der Waals surface area contributed by atoms with E-state index in [1.807, 2.05) is 17.8 Å². The molecule has 1 aromatic rings. The molecule has 3 rings (SSSR count). The Labute approximate surface area is 118 Å². The van der Waals surface area contributed by atoms with Crippen LogP contribution in [0.1, 0.15) is 31.0 Å². The van der Waals surface area contributed by atoms with E-state index >= 15 is 0 Å². The molecule has 1 fully saturated rings. The Morgan fingerprint density at radius 1 is 1.55 bits per heavy atom. The summed E-state index contributed by atoms with van der Waals surface area (Å²) >= 11 is 0. The first-order valence-electron chi connectivity index (χ1n) is 6.87. The lowest BCUT2D eigenvalue weighted by Gasteiger charge is -2.28. The first-order chi connectivity index (χ1) is 9.31. The molecule has 1 aliphatic carbocycles. The maximum Gasteiger partial charge on any atom is 0.220 e. The number of primary amides is 1. The summed E-state index contributed by atoms with van der Waals surface area (Å²) in [6.07, 6.45) is 4.49. The van der Waals surface area contributed by atoms with Crippen LogP contribution in [0, 0.1) is 5.92 Å². The molecule has 2 N–H and O–H groups in total. The molecule has 7 heteroatoms. The van der Waals surface area contributed by atoms with Gasteiger partial charge in [0.15, 0.2) is 9.84 Å². The molecule has 2 heterocycles. The predicted molar refractivity (Wildman–Crippen MR) is 73.9 cm³/mol. The van der Waals surface area contributed by atoms with E-state index in [-0.39, 0.29) is 23.3 Å². The number of rotatable bonds is 2. The molecule has 0 radical (unpaired) electrons. The third-order valence-electron chi connectivity index (χ3n) is 4.55. The molecule has 110 valence electrons. The van der Waals surface area contributed by atoms with E-state index in [0.29, 0.717) is 12.8 Å². The zero-order valence-electron chi connectivity index (χ0n) is 11.5. The Morgan fingerprint density at radius 2 is 2.30 bits per heavy atom. The molecule has 2 unspecified atom stereocenters. The van der Waals surface area contributed by atoms with Crippen LogP contribution in [-0.2, 0) is 33.0 Å². The van der Waals surface area contributed by atoms with Gasteiger partial charge in [-0.1, -0.05) is 0 Å². The summed E-state index contributed by atoms with van der Waals surface area (Å²) in [4.78, 5) is 11.4. The quantitative estimate of drug-likeness (QED) is 0.831. The highest BCUT2D eigenvalue weighted by molar-refractivity contribution is 7.91. The summed E-state index contributed by atoms with van der Waals surface area (Å²) in [5.74, 6) is -0.126. The zero-order valence-corrected chi connectivity index (χ0v) is 12.3. The van der Waals surface area contributed by atoms with E-state index in [9.17, 15) is 13.2 Å². The molecule has 1 amide bonds. The molecular formula is C13H19N3O3S. The van der Waals surface area contributed by atoms with E-state index in [0.717, 1.165) is 24.1 Å². The van der Waals surface area contributed by atoms with Crippen LogP contribution in [0.3, 0.4) is 0 Å². The number of carbonyl (C=O) groups is 1. The van der Waals surface area contributed by atoms with Gasteiger partial charge in [-0.2, -0.15) is 5.10 Å². The maximum atomic E-state index is 11.8. The topological polar surface area (TPSA) is 95.1 Å². The van der Waals surface area contributed by atoms with Crippen molar-refractivity contribution in [3.8, 4) is 0 Å². The van der Waals surface area contributed by atoms with Gasteiger partial charge in [-0.25, -0.2) is 8.42 Å². The van der Waals surface area contributed by atoms with Crippen LogP contribution >= 0.6 is 0 Å². The predicted octanol–water partition coefficient (Wildman–Crippen LogP) is 0.00700. The largest absolute Gasteiger partial charge is 0.369 e. The summed E-state index contributed by atoms with van der Waals surface area (Å²) in [6, 6.07) is 0. The molecule has 1 aliphatic heterocycles. The number of carbonyl (C=O) groups excluding carboxylic acids is 1. The van der Waals surface area contributed by atoms with Crippen molar-refractivity contribution in [3.05, 3.63) is 17.5 Å². The third-order valence-corrected chi connectivity index (χ3v) is 6.44. The molecule has 0 spiro atoms. The molecule has 0 saturated carbocycles. The summed E-state index contributed by atoms with van der Waals surface area (Å²) in [5, 5.41) is 4.41. The lowest BCUT2D eigenvalue weighted by molar-refractivity contribution is -0.122. The lowest BCUT2D eigenvalue weighted by Crippen LogP contribution is -2.36. The van der Waals surface area contributed by atoms with Gasteiger partial charge >= 0.3 is 0 Å². The molecule has 1 saturated heterocycles. The maximum absolute atomic E-state index is 11.8. The number of nitrogens with zero attached hydrogens (tertiary/aromatic N) is 2. The van der Waals surface area contributed by atoms with Gasteiger partial charge in [0.2, 0.25) is 5.91 Å². The number of amides is 1. The van der Waals surface area contributed by atoms with Gasteiger partial charge in [-0.05, 0) is 31.7 Å². The van der Waals surface area contributed by atoms with E-state index in [1.54, 1.807) is 0 Å². The Hall–Kier alpha value is -1.37. The molecule has 1 aromatic heterocycles. The number of fused-ring (bicyclic) bond motifs is 1. The van der Waals surface area contributed by atoms with Crippen LogP contribution in [0.15, 0.2) is 6.20 Å². The van der Waals surface area contributed by atoms with Gasteiger partial charge in [0, 0.05) is 18.0 Å². The van der Waals surface area contributed by atoms with E-state index in [2.05, 4.69) is 5.10 Å². The molecule has 20 heavy (non-hydrogen) atoms.